The summed E-state index contributed by atoms with van der Waals surface area (Å²) in [4.78, 5) is 14.2. The van der Waals surface area contributed by atoms with Crippen LogP contribution in [0.2, 0.25) is 5.02 Å². The molecule has 3 rings (SSSR count). The highest BCUT2D eigenvalue weighted by molar-refractivity contribution is 6.31. The Labute approximate surface area is 141 Å². The number of nitrogens with zero attached hydrogens (tertiary/aromatic N) is 1. The maximum Gasteiger partial charge on any atom is 0.335 e. The summed E-state index contributed by atoms with van der Waals surface area (Å²) in [5.74, 6) is -0.281. The van der Waals surface area contributed by atoms with Crippen molar-refractivity contribution in [2.24, 2.45) is 0 Å². The second kappa shape index (κ2) is 6.88. The van der Waals surface area contributed by atoms with Gasteiger partial charge in [-0.2, -0.15) is 0 Å². The van der Waals surface area contributed by atoms with Gasteiger partial charge in [0.15, 0.2) is 0 Å². The summed E-state index contributed by atoms with van der Waals surface area (Å²) in [5, 5.41) is 0.676. The van der Waals surface area contributed by atoms with E-state index in [0.29, 0.717) is 30.2 Å². The Morgan fingerprint density at radius 2 is 1.96 bits per heavy atom. The van der Waals surface area contributed by atoms with E-state index < -0.39 is 0 Å². The van der Waals surface area contributed by atoms with Crippen molar-refractivity contribution in [3.05, 3.63) is 76.5 Å². The highest BCUT2D eigenvalue weighted by Crippen LogP contribution is 2.35. The first-order valence-corrected chi connectivity index (χ1v) is 8.02. The van der Waals surface area contributed by atoms with Crippen molar-refractivity contribution in [2.75, 3.05) is 11.5 Å². The minimum absolute atomic E-state index is 0.281. The number of carbonyl (C=O) groups is 1. The van der Waals surface area contributed by atoms with Gasteiger partial charge in [-0.1, -0.05) is 48.0 Å². The molecule has 3 nitrogen and oxygen atoms in total. The van der Waals surface area contributed by atoms with E-state index in [4.69, 9.17) is 16.3 Å². The lowest BCUT2D eigenvalue weighted by molar-refractivity contribution is -0.138. The maximum absolute atomic E-state index is 12.2. The van der Waals surface area contributed by atoms with Crippen LogP contribution in [0.15, 0.2) is 60.3 Å². The van der Waals surface area contributed by atoms with E-state index in [2.05, 4.69) is 17.0 Å². The molecule has 0 saturated heterocycles. The molecule has 0 amide bonds. The number of hydrogen-bond donors (Lipinski definition) is 0. The van der Waals surface area contributed by atoms with E-state index in [1.54, 1.807) is 0 Å². The minimum Gasteiger partial charge on any atom is -0.463 e. The van der Waals surface area contributed by atoms with Crippen molar-refractivity contribution in [3.63, 3.8) is 0 Å². The third kappa shape index (κ3) is 3.40. The first kappa shape index (κ1) is 15.6. The van der Waals surface area contributed by atoms with Crippen LogP contribution in [0, 0.1) is 0 Å². The number of fused-ring (bicyclic) bond motifs is 1. The average Bonchev–Trinajstić information content (AvgIpc) is 2.56. The standard InChI is InChI=1S/C19H18ClNO2/c1-2-23-19(22)15-11-16-17(20)9-6-10-18(16)21(13-15)12-14-7-4-3-5-8-14/h3-10,13H,2,11-12H2,1H3. The van der Waals surface area contributed by atoms with Gasteiger partial charge in [-0.25, -0.2) is 4.79 Å². The van der Waals surface area contributed by atoms with Gasteiger partial charge in [0.1, 0.15) is 0 Å². The van der Waals surface area contributed by atoms with Gasteiger partial charge in [-0.15, -0.1) is 0 Å². The van der Waals surface area contributed by atoms with Crippen LogP contribution in [0.5, 0.6) is 0 Å². The number of anilines is 1. The predicted molar refractivity (Wildman–Crippen MR) is 92.5 cm³/mol. The second-order valence-corrected chi connectivity index (χ2v) is 5.81. The molecule has 0 aromatic heterocycles. The lowest BCUT2D eigenvalue weighted by atomic mass is 9.99. The average molecular weight is 328 g/mol. The van der Waals surface area contributed by atoms with Crippen molar-refractivity contribution in [3.8, 4) is 0 Å². The molecule has 0 radical (unpaired) electrons. The molecule has 23 heavy (non-hydrogen) atoms. The first-order valence-electron chi connectivity index (χ1n) is 7.65. The van der Waals surface area contributed by atoms with Crippen molar-refractivity contribution < 1.29 is 9.53 Å². The molecule has 118 valence electrons. The van der Waals surface area contributed by atoms with E-state index in [9.17, 15) is 4.79 Å². The molecular formula is C19H18ClNO2. The van der Waals surface area contributed by atoms with E-state index in [1.807, 2.05) is 49.5 Å². The van der Waals surface area contributed by atoms with Crippen molar-refractivity contribution in [1.29, 1.82) is 0 Å². The summed E-state index contributed by atoms with van der Waals surface area (Å²) in [6.07, 6.45) is 2.38. The fourth-order valence-electron chi connectivity index (χ4n) is 2.74. The number of halogens is 1. The lowest BCUT2D eigenvalue weighted by Gasteiger charge is -2.29. The van der Waals surface area contributed by atoms with Crippen molar-refractivity contribution in [2.45, 2.75) is 19.9 Å². The van der Waals surface area contributed by atoms with Gasteiger partial charge in [0.2, 0.25) is 0 Å². The van der Waals surface area contributed by atoms with Crippen LogP contribution in [-0.2, 0) is 22.5 Å². The van der Waals surface area contributed by atoms with Gasteiger partial charge in [0.25, 0.3) is 0 Å². The molecule has 0 N–H and O–H groups in total. The predicted octanol–water partition coefficient (Wildman–Crippen LogP) is 4.35. The topological polar surface area (TPSA) is 29.5 Å². The third-order valence-electron chi connectivity index (χ3n) is 3.82. The number of esters is 1. The Morgan fingerprint density at radius 1 is 1.17 bits per heavy atom. The van der Waals surface area contributed by atoms with Crippen molar-refractivity contribution >= 4 is 23.3 Å². The Kier molecular flexibility index (Phi) is 4.68. The second-order valence-electron chi connectivity index (χ2n) is 5.40. The quantitative estimate of drug-likeness (QED) is 0.782. The van der Waals surface area contributed by atoms with Gasteiger partial charge in [-0.3, -0.25) is 0 Å². The number of rotatable bonds is 4. The highest BCUT2D eigenvalue weighted by Gasteiger charge is 2.24. The Hall–Kier alpha value is -2.26. The number of ether oxygens (including phenoxy) is 1. The summed E-state index contributed by atoms with van der Waals surface area (Å²) < 4.78 is 5.16. The Morgan fingerprint density at radius 3 is 2.70 bits per heavy atom. The van der Waals surface area contributed by atoms with Gasteiger partial charge < -0.3 is 9.64 Å². The van der Waals surface area contributed by atoms with Crippen LogP contribution < -0.4 is 4.90 Å². The normalized spacial score (nSPS) is 13.3. The van der Waals surface area contributed by atoms with Crippen LogP contribution in [0.25, 0.3) is 0 Å². The van der Waals surface area contributed by atoms with E-state index >= 15 is 0 Å². The van der Waals surface area contributed by atoms with Gasteiger partial charge in [-0.05, 0) is 30.2 Å². The molecule has 2 aromatic carbocycles. The largest absolute Gasteiger partial charge is 0.463 e. The zero-order chi connectivity index (χ0) is 16.2. The monoisotopic (exact) mass is 327 g/mol. The molecule has 0 saturated carbocycles. The third-order valence-corrected chi connectivity index (χ3v) is 4.17. The fourth-order valence-corrected chi connectivity index (χ4v) is 2.98. The molecule has 1 aliphatic heterocycles. The van der Waals surface area contributed by atoms with Crippen LogP contribution >= 0.6 is 11.6 Å². The maximum atomic E-state index is 12.2. The SMILES string of the molecule is CCOC(=O)C1=CN(Cc2ccccc2)c2cccc(Cl)c2C1. The van der Waals surface area contributed by atoms with Gasteiger partial charge >= 0.3 is 5.97 Å². The number of benzene rings is 2. The van der Waals surface area contributed by atoms with Crippen molar-refractivity contribution in [1.82, 2.24) is 0 Å². The van der Waals surface area contributed by atoms with Crippen LogP contribution in [-0.4, -0.2) is 12.6 Å². The zero-order valence-electron chi connectivity index (χ0n) is 13.0. The summed E-state index contributed by atoms with van der Waals surface area (Å²) in [5.41, 5.74) is 3.80. The van der Waals surface area contributed by atoms with Gasteiger partial charge in [0, 0.05) is 29.9 Å². The highest BCUT2D eigenvalue weighted by atomic mass is 35.5. The molecule has 0 fully saturated rings. The first-order chi connectivity index (χ1) is 11.2. The molecule has 0 aliphatic carbocycles. The summed E-state index contributed by atoms with van der Waals surface area (Å²) in [7, 11) is 0. The molecule has 0 spiro atoms. The molecule has 0 bridgehead atoms. The smallest absolute Gasteiger partial charge is 0.335 e. The summed E-state index contributed by atoms with van der Waals surface area (Å²) >= 11 is 6.35. The molecule has 0 atom stereocenters. The Balaban J connectivity index is 1.97. The zero-order valence-corrected chi connectivity index (χ0v) is 13.7. The summed E-state index contributed by atoms with van der Waals surface area (Å²) in [6, 6.07) is 16.0. The molecule has 2 aromatic rings. The summed E-state index contributed by atoms with van der Waals surface area (Å²) in [6.45, 7) is 2.85. The Bertz CT molecular complexity index is 740. The molecule has 4 heteroatoms. The minimum atomic E-state index is -0.281. The molecule has 1 heterocycles. The number of carbonyl (C=O) groups excluding carboxylic acids is 1. The van der Waals surface area contributed by atoms with Crippen LogP contribution in [0.3, 0.4) is 0 Å². The van der Waals surface area contributed by atoms with Crippen LogP contribution in [0.4, 0.5) is 5.69 Å². The molecule has 1 aliphatic rings. The fraction of sp³-hybridized carbons (Fsp3) is 0.211. The lowest BCUT2D eigenvalue weighted by Crippen LogP contribution is -2.25. The molecular weight excluding hydrogens is 310 g/mol. The number of hydrogen-bond acceptors (Lipinski definition) is 3. The van der Waals surface area contributed by atoms with Crippen LogP contribution in [0.1, 0.15) is 18.1 Å². The van der Waals surface area contributed by atoms with Gasteiger partial charge in [0.05, 0.1) is 12.2 Å². The van der Waals surface area contributed by atoms with E-state index in [0.717, 1.165) is 11.3 Å². The van der Waals surface area contributed by atoms with E-state index in [1.165, 1.54) is 5.56 Å². The molecule has 0 unspecified atom stereocenters. The van der Waals surface area contributed by atoms with E-state index in [-0.39, 0.29) is 5.97 Å².